The van der Waals surface area contributed by atoms with Gasteiger partial charge in [-0.2, -0.15) is 0 Å². The number of para-hydroxylation sites is 1. The predicted molar refractivity (Wildman–Crippen MR) is 125 cm³/mol. The van der Waals surface area contributed by atoms with E-state index >= 15 is 0 Å². The number of guanidine groups is 1. The van der Waals surface area contributed by atoms with Crippen LogP contribution in [0.1, 0.15) is 31.7 Å². The number of fused-ring (bicyclic) bond motifs is 1. The fourth-order valence-electron chi connectivity index (χ4n) is 3.87. The second kappa shape index (κ2) is 11.8. The molecule has 2 unspecified atom stereocenters. The molecule has 2 aliphatic rings. The van der Waals surface area contributed by atoms with Crippen LogP contribution in [0.25, 0.3) is 0 Å². The van der Waals surface area contributed by atoms with Crippen LogP contribution in [0.2, 0.25) is 0 Å². The second-order valence-electron chi connectivity index (χ2n) is 7.85. The van der Waals surface area contributed by atoms with Gasteiger partial charge in [0, 0.05) is 45.7 Å². The number of nitrogens with one attached hydrogen (secondary N) is 2. The summed E-state index contributed by atoms with van der Waals surface area (Å²) in [6.45, 7) is 10.9. The van der Waals surface area contributed by atoms with Crippen molar-refractivity contribution in [3.05, 3.63) is 29.8 Å². The molecule has 1 saturated heterocycles. The Morgan fingerprint density at radius 1 is 1.21 bits per heavy atom. The van der Waals surface area contributed by atoms with Gasteiger partial charge in [-0.15, -0.1) is 24.0 Å². The van der Waals surface area contributed by atoms with Gasteiger partial charge in [0.1, 0.15) is 5.75 Å². The van der Waals surface area contributed by atoms with Crippen molar-refractivity contribution >= 4 is 29.9 Å². The Hall–Kier alpha value is -1.06. The Bertz CT molecular complexity index is 626. The molecule has 0 spiro atoms. The number of morpholine rings is 1. The molecule has 1 aromatic rings. The van der Waals surface area contributed by atoms with Crippen molar-refractivity contribution < 1.29 is 9.47 Å². The molecule has 0 aliphatic carbocycles. The molecule has 6 nitrogen and oxygen atoms in total. The Kier molecular flexibility index (Phi) is 9.81. The normalized spacial score (nSPS) is 22.8. The highest BCUT2D eigenvalue weighted by Gasteiger charge is 2.23. The SMILES string of the molecule is CN=C(NCC1CN(CC(C)C)CCO1)NCC1CCOc2ccccc21.I. The van der Waals surface area contributed by atoms with Gasteiger partial charge in [-0.05, 0) is 24.0 Å². The quantitative estimate of drug-likeness (QED) is 0.356. The second-order valence-corrected chi connectivity index (χ2v) is 7.85. The maximum atomic E-state index is 5.92. The zero-order valence-corrected chi connectivity index (χ0v) is 19.6. The van der Waals surface area contributed by atoms with Crippen LogP contribution in [-0.4, -0.2) is 69.9 Å². The van der Waals surface area contributed by atoms with Gasteiger partial charge in [-0.3, -0.25) is 9.89 Å². The first-order valence-corrected chi connectivity index (χ1v) is 10.2. The smallest absolute Gasteiger partial charge is 0.191 e. The van der Waals surface area contributed by atoms with Gasteiger partial charge >= 0.3 is 0 Å². The lowest BCUT2D eigenvalue weighted by Gasteiger charge is -2.34. The highest BCUT2D eigenvalue weighted by Crippen LogP contribution is 2.32. The number of hydrogen-bond donors (Lipinski definition) is 2. The van der Waals surface area contributed by atoms with Gasteiger partial charge in [0.15, 0.2) is 5.96 Å². The number of hydrogen-bond acceptors (Lipinski definition) is 4. The lowest BCUT2D eigenvalue weighted by Crippen LogP contribution is -2.50. The van der Waals surface area contributed by atoms with Crippen LogP contribution in [0.15, 0.2) is 29.3 Å². The minimum absolute atomic E-state index is 0. The van der Waals surface area contributed by atoms with Crippen molar-refractivity contribution in [3.8, 4) is 5.75 Å². The first kappa shape index (κ1) is 23.2. The fraction of sp³-hybridized carbons (Fsp3) is 0.667. The third-order valence-electron chi connectivity index (χ3n) is 5.17. The van der Waals surface area contributed by atoms with E-state index in [4.69, 9.17) is 9.47 Å². The highest BCUT2D eigenvalue weighted by molar-refractivity contribution is 14.0. The number of aliphatic imine (C=N–C) groups is 1. The van der Waals surface area contributed by atoms with E-state index in [0.717, 1.165) is 64.1 Å². The van der Waals surface area contributed by atoms with Gasteiger partial charge in [-0.1, -0.05) is 32.0 Å². The van der Waals surface area contributed by atoms with Gasteiger partial charge in [0.25, 0.3) is 0 Å². The summed E-state index contributed by atoms with van der Waals surface area (Å²) in [5.74, 6) is 2.98. The Labute approximate surface area is 186 Å². The summed E-state index contributed by atoms with van der Waals surface area (Å²) in [5, 5.41) is 6.91. The van der Waals surface area contributed by atoms with Gasteiger partial charge in [0.05, 0.1) is 19.3 Å². The first-order chi connectivity index (χ1) is 13.2. The third kappa shape index (κ3) is 6.77. The molecule has 0 bridgehead atoms. The van der Waals surface area contributed by atoms with Crippen LogP contribution in [0.5, 0.6) is 5.75 Å². The standard InChI is InChI=1S/C21H34N4O2.HI/c1-16(2)14-25-9-11-26-18(15-25)13-24-21(22-3)23-12-17-8-10-27-20-7-5-4-6-19(17)20;/h4-7,16-18H,8-15H2,1-3H3,(H2,22,23,24);1H. The molecule has 3 rings (SSSR count). The predicted octanol–water partition coefficient (Wildman–Crippen LogP) is 2.69. The van der Waals surface area contributed by atoms with E-state index in [0.29, 0.717) is 11.8 Å². The zero-order valence-electron chi connectivity index (χ0n) is 17.3. The summed E-state index contributed by atoms with van der Waals surface area (Å²) >= 11 is 0. The molecule has 2 heterocycles. The van der Waals surface area contributed by atoms with Crippen molar-refractivity contribution in [1.29, 1.82) is 0 Å². The Morgan fingerprint density at radius 3 is 2.79 bits per heavy atom. The summed E-state index contributed by atoms with van der Waals surface area (Å²) < 4.78 is 11.7. The van der Waals surface area contributed by atoms with Gasteiger partial charge < -0.3 is 20.1 Å². The summed E-state index contributed by atoms with van der Waals surface area (Å²) in [5.41, 5.74) is 1.28. The van der Waals surface area contributed by atoms with E-state index in [1.807, 2.05) is 13.1 Å². The van der Waals surface area contributed by atoms with E-state index in [1.54, 1.807) is 0 Å². The van der Waals surface area contributed by atoms with Crippen LogP contribution in [0.4, 0.5) is 0 Å². The summed E-state index contributed by atoms with van der Waals surface area (Å²) in [7, 11) is 1.82. The van der Waals surface area contributed by atoms with Gasteiger partial charge in [0.2, 0.25) is 0 Å². The van der Waals surface area contributed by atoms with E-state index in [2.05, 4.69) is 52.6 Å². The Balaban J connectivity index is 0.00000280. The number of halogens is 1. The molecule has 1 fully saturated rings. The molecule has 28 heavy (non-hydrogen) atoms. The molecule has 2 atom stereocenters. The van der Waals surface area contributed by atoms with Crippen molar-refractivity contribution in [2.75, 3.05) is 53.0 Å². The number of benzene rings is 1. The van der Waals surface area contributed by atoms with Crippen LogP contribution in [0.3, 0.4) is 0 Å². The summed E-state index contributed by atoms with van der Waals surface area (Å²) in [4.78, 5) is 6.87. The number of ether oxygens (including phenoxy) is 2. The van der Waals surface area contributed by atoms with E-state index in [1.165, 1.54) is 5.56 Å². The summed E-state index contributed by atoms with van der Waals surface area (Å²) in [6.07, 6.45) is 1.23. The number of nitrogens with zero attached hydrogens (tertiary/aromatic N) is 2. The van der Waals surface area contributed by atoms with Crippen molar-refractivity contribution in [2.24, 2.45) is 10.9 Å². The maximum Gasteiger partial charge on any atom is 0.191 e. The van der Waals surface area contributed by atoms with E-state index < -0.39 is 0 Å². The molecule has 0 radical (unpaired) electrons. The fourth-order valence-corrected chi connectivity index (χ4v) is 3.87. The van der Waals surface area contributed by atoms with Crippen LogP contribution in [-0.2, 0) is 4.74 Å². The maximum absolute atomic E-state index is 5.92. The lowest BCUT2D eigenvalue weighted by atomic mass is 9.93. The molecule has 0 aromatic heterocycles. The lowest BCUT2D eigenvalue weighted by molar-refractivity contribution is -0.0284. The van der Waals surface area contributed by atoms with Crippen molar-refractivity contribution in [2.45, 2.75) is 32.3 Å². The van der Waals surface area contributed by atoms with E-state index in [9.17, 15) is 0 Å². The Morgan fingerprint density at radius 2 is 2.00 bits per heavy atom. The van der Waals surface area contributed by atoms with Crippen molar-refractivity contribution in [3.63, 3.8) is 0 Å². The number of rotatable bonds is 6. The average Bonchev–Trinajstić information content (AvgIpc) is 2.68. The minimum Gasteiger partial charge on any atom is -0.493 e. The molecule has 158 valence electrons. The average molecular weight is 502 g/mol. The molecule has 1 aromatic carbocycles. The molecular weight excluding hydrogens is 467 g/mol. The largest absolute Gasteiger partial charge is 0.493 e. The third-order valence-corrected chi connectivity index (χ3v) is 5.17. The summed E-state index contributed by atoms with van der Waals surface area (Å²) in [6, 6.07) is 8.33. The zero-order chi connectivity index (χ0) is 19.1. The monoisotopic (exact) mass is 502 g/mol. The van der Waals surface area contributed by atoms with Crippen LogP contribution in [0, 0.1) is 5.92 Å². The molecule has 2 aliphatic heterocycles. The van der Waals surface area contributed by atoms with Crippen molar-refractivity contribution in [1.82, 2.24) is 15.5 Å². The minimum atomic E-state index is 0. The highest BCUT2D eigenvalue weighted by atomic mass is 127. The molecule has 7 heteroatoms. The van der Waals surface area contributed by atoms with E-state index in [-0.39, 0.29) is 30.1 Å². The van der Waals surface area contributed by atoms with Gasteiger partial charge in [-0.25, -0.2) is 0 Å². The molecule has 0 saturated carbocycles. The topological polar surface area (TPSA) is 58.1 Å². The van der Waals surface area contributed by atoms with Crippen LogP contribution < -0.4 is 15.4 Å². The first-order valence-electron chi connectivity index (χ1n) is 10.2. The molecule has 2 N–H and O–H groups in total. The molecule has 0 amide bonds. The van der Waals surface area contributed by atoms with Crippen LogP contribution >= 0.6 is 24.0 Å². The molecular formula is C21H35IN4O2.